The first-order valence-electron chi connectivity index (χ1n) is 6.82. The zero-order chi connectivity index (χ0) is 15.5. The third-order valence-electron chi connectivity index (χ3n) is 3.22. The lowest BCUT2D eigenvalue weighted by Gasteiger charge is -2.14. The Balaban J connectivity index is 1.68. The van der Waals surface area contributed by atoms with Gasteiger partial charge in [-0.05, 0) is 23.4 Å². The minimum atomic E-state index is -0.130. The summed E-state index contributed by atoms with van der Waals surface area (Å²) in [5, 5.41) is 15.8. The van der Waals surface area contributed by atoms with Crippen LogP contribution < -0.4 is 0 Å². The van der Waals surface area contributed by atoms with Crippen LogP contribution in [0.5, 0.6) is 0 Å². The number of rotatable bonds is 5. The maximum atomic E-state index is 12.3. The van der Waals surface area contributed by atoms with E-state index in [0.717, 1.165) is 22.6 Å². The van der Waals surface area contributed by atoms with Gasteiger partial charge in [-0.1, -0.05) is 6.92 Å². The molecule has 0 unspecified atom stereocenters. The molecule has 3 rings (SSSR count). The molecule has 0 bridgehead atoms. The van der Waals surface area contributed by atoms with Crippen molar-refractivity contribution in [1.29, 1.82) is 0 Å². The number of aromatic nitrogens is 4. The molecule has 1 N–H and O–H groups in total. The number of nitrogens with zero attached hydrogens (tertiary/aromatic N) is 4. The Hall–Kier alpha value is -2.48. The number of aromatic amines is 1. The number of hydrogen-bond acceptors (Lipinski definition) is 6. The Labute approximate surface area is 130 Å². The molecule has 0 spiro atoms. The first kappa shape index (κ1) is 14.5. The van der Waals surface area contributed by atoms with Crippen LogP contribution >= 0.6 is 11.3 Å². The van der Waals surface area contributed by atoms with Crippen molar-refractivity contribution in [1.82, 2.24) is 25.5 Å². The zero-order valence-electron chi connectivity index (χ0n) is 12.2. The number of carbonyl (C=O) groups is 1. The normalized spacial score (nSPS) is 10.8. The summed E-state index contributed by atoms with van der Waals surface area (Å²) in [5.74, 6) is 1.60. The molecule has 7 nitrogen and oxygen atoms in total. The summed E-state index contributed by atoms with van der Waals surface area (Å²) in [7, 11) is 1.75. The summed E-state index contributed by atoms with van der Waals surface area (Å²) in [4.78, 5) is 15.0. The molecule has 0 radical (unpaired) electrons. The van der Waals surface area contributed by atoms with Gasteiger partial charge in [-0.2, -0.15) is 5.21 Å². The topological polar surface area (TPSA) is 87.9 Å². The monoisotopic (exact) mass is 317 g/mol. The van der Waals surface area contributed by atoms with E-state index in [1.54, 1.807) is 29.4 Å². The lowest BCUT2D eigenvalue weighted by Crippen LogP contribution is -2.25. The number of H-pyrrole nitrogens is 1. The van der Waals surface area contributed by atoms with E-state index in [-0.39, 0.29) is 5.91 Å². The van der Waals surface area contributed by atoms with Crippen molar-refractivity contribution >= 4 is 17.2 Å². The summed E-state index contributed by atoms with van der Waals surface area (Å²) in [6.45, 7) is 2.49. The third kappa shape index (κ3) is 2.91. The van der Waals surface area contributed by atoms with E-state index in [9.17, 15) is 4.79 Å². The van der Waals surface area contributed by atoms with E-state index < -0.39 is 0 Å². The van der Waals surface area contributed by atoms with Crippen LogP contribution in [0, 0.1) is 0 Å². The highest BCUT2D eigenvalue weighted by Gasteiger charge is 2.17. The van der Waals surface area contributed by atoms with Gasteiger partial charge < -0.3 is 9.32 Å². The average Bonchev–Trinajstić information content (AvgIpc) is 3.26. The SMILES string of the molecule is CCc1ccc(C(=O)N(C)Cc2cc(-c3nn[nH]n3)cs2)o1. The lowest BCUT2D eigenvalue weighted by atomic mass is 10.3. The van der Waals surface area contributed by atoms with Gasteiger partial charge in [0, 0.05) is 29.3 Å². The number of aryl methyl sites for hydroxylation is 1. The van der Waals surface area contributed by atoms with Gasteiger partial charge in [0.05, 0.1) is 6.54 Å². The largest absolute Gasteiger partial charge is 0.456 e. The molecule has 3 heterocycles. The van der Waals surface area contributed by atoms with Crippen molar-refractivity contribution in [3.8, 4) is 11.4 Å². The van der Waals surface area contributed by atoms with Crippen LogP contribution in [0.3, 0.4) is 0 Å². The van der Waals surface area contributed by atoms with Crippen molar-refractivity contribution in [3.63, 3.8) is 0 Å². The number of nitrogens with one attached hydrogen (secondary N) is 1. The fourth-order valence-electron chi connectivity index (χ4n) is 2.04. The number of thiophene rings is 1. The predicted molar refractivity (Wildman–Crippen MR) is 81.4 cm³/mol. The molecule has 114 valence electrons. The Bertz CT molecular complexity index is 762. The fraction of sp³-hybridized carbons (Fsp3) is 0.286. The fourth-order valence-corrected chi connectivity index (χ4v) is 2.96. The number of hydrogen-bond donors (Lipinski definition) is 1. The summed E-state index contributed by atoms with van der Waals surface area (Å²) in [5.41, 5.74) is 0.890. The van der Waals surface area contributed by atoms with Crippen molar-refractivity contribution in [2.75, 3.05) is 7.05 Å². The van der Waals surface area contributed by atoms with Crippen LogP contribution in [0.15, 0.2) is 28.0 Å². The van der Waals surface area contributed by atoms with Gasteiger partial charge in [0.2, 0.25) is 5.82 Å². The minimum absolute atomic E-state index is 0.130. The molecule has 0 atom stereocenters. The summed E-state index contributed by atoms with van der Waals surface area (Å²) >= 11 is 1.55. The Kier molecular flexibility index (Phi) is 4.01. The number of carbonyl (C=O) groups excluding carboxylic acids is 1. The first-order chi connectivity index (χ1) is 10.7. The second-order valence-corrected chi connectivity index (χ2v) is 5.81. The summed E-state index contributed by atoms with van der Waals surface area (Å²) < 4.78 is 5.50. The Morgan fingerprint density at radius 1 is 1.45 bits per heavy atom. The second kappa shape index (κ2) is 6.10. The standard InChI is InChI=1S/C14H15N5O2S/c1-3-10-4-5-12(21-10)14(20)19(2)7-11-6-9(8-22-11)13-15-17-18-16-13/h4-6,8H,3,7H2,1-2H3,(H,15,16,17,18). The van der Waals surface area contributed by atoms with Gasteiger partial charge in [-0.3, -0.25) is 4.79 Å². The van der Waals surface area contributed by atoms with Crippen LogP contribution in [0.25, 0.3) is 11.4 Å². The molecule has 3 aromatic rings. The highest BCUT2D eigenvalue weighted by molar-refractivity contribution is 7.10. The van der Waals surface area contributed by atoms with E-state index in [4.69, 9.17) is 4.42 Å². The number of furan rings is 1. The summed E-state index contributed by atoms with van der Waals surface area (Å²) in [6, 6.07) is 5.51. The molecule has 8 heteroatoms. The van der Waals surface area contributed by atoms with E-state index in [0.29, 0.717) is 18.1 Å². The van der Waals surface area contributed by atoms with Gasteiger partial charge in [0.15, 0.2) is 5.76 Å². The summed E-state index contributed by atoms with van der Waals surface area (Å²) in [6.07, 6.45) is 0.774. The molecule has 3 aromatic heterocycles. The van der Waals surface area contributed by atoms with Crippen molar-refractivity contribution < 1.29 is 9.21 Å². The maximum Gasteiger partial charge on any atom is 0.289 e. The maximum absolute atomic E-state index is 12.3. The molecule has 0 aliphatic rings. The van der Waals surface area contributed by atoms with E-state index in [1.807, 2.05) is 24.4 Å². The highest BCUT2D eigenvalue weighted by atomic mass is 32.1. The van der Waals surface area contributed by atoms with Crippen molar-refractivity contribution in [2.24, 2.45) is 0 Å². The second-order valence-electron chi connectivity index (χ2n) is 4.82. The van der Waals surface area contributed by atoms with E-state index >= 15 is 0 Å². The number of amides is 1. The van der Waals surface area contributed by atoms with Gasteiger partial charge in [-0.15, -0.1) is 21.5 Å². The third-order valence-corrected chi connectivity index (χ3v) is 4.14. The lowest BCUT2D eigenvalue weighted by molar-refractivity contribution is 0.0753. The van der Waals surface area contributed by atoms with Crippen LogP contribution in [-0.4, -0.2) is 38.5 Å². The van der Waals surface area contributed by atoms with Gasteiger partial charge in [0.1, 0.15) is 5.76 Å². The first-order valence-corrected chi connectivity index (χ1v) is 7.70. The molecule has 0 aromatic carbocycles. The van der Waals surface area contributed by atoms with Gasteiger partial charge >= 0.3 is 0 Å². The molecule has 0 aliphatic heterocycles. The van der Waals surface area contributed by atoms with Crippen molar-refractivity contribution in [2.45, 2.75) is 19.9 Å². The minimum Gasteiger partial charge on any atom is -0.456 e. The Morgan fingerprint density at radius 2 is 2.32 bits per heavy atom. The predicted octanol–water partition coefficient (Wildman–Crippen LogP) is 2.36. The van der Waals surface area contributed by atoms with Gasteiger partial charge in [-0.25, -0.2) is 0 Å². The molecule has 0 aliphatic carbocycles. The van der Waals surface area contributed by atoms with Crippen LogP contribution in [-0.2, 0) is 13.0 Å². The zero-order valence-corrected chi connectivity index (χ0v) is 13.1. The van der Waals surface area contributed by atoms with E-state index in [2.05, 4.69) is 20.6 Å². The highest BCUT2D eigenvalue weighted by Crippen LogP contribution is 2.23. The van der Waals surface area contributed by atoms with Crippen LogP contribution in [0.2, 0.25) is 0 Å². The average molecular weight is 317 g/mol. The van der Waals surface area contributed by atoms with Gasteiger partial charge in [0.25, 0.3) is 5.91 Å². The molecule has 0 saturated carbocycles. The molecule has 1 amide bonds. The Morgan fingerprint density at radius 3 is 3.00 bits per heavy atom. The van der Waals surface area contributed by atoms with Crippen molar-refractivity contribution in [3.05, 3.63) is 40.0 Å². The molecular weight excluding hydrogens is 302 g/mol. The molecule has 0 fully saturated rings. The smallest absolute Gasteiger partial charge is 0.289 e. The number of tetrazole rings is 1. The van der Waals surface area contributed by atoms with Crippen LogP contribution in [0.4, 0.5) is 0 Å². The van der Waals surface area contributed by atoms with Crippen LogP contribution in [0.1, 0.15) is 28.1 Å². The molecule has 22 heavy (non-hydrogen) atoms. The quantitative estimate of drug-likeness (QED) is 0.780. The molecule has 0 saturated heterocycles. The molecular formula is C14H15N5O2S. The van der Waals surface area contributed by atoms with E-state index in [1.165, 1.54) is 0 Å².